The smallest absolute Gasteiger partial charge is 0.307 e. The Labute approximate surface area is 65.1 Å². The van der Waals surface area contributed by atoms with Crippen LogP contribution in [0.2, 0.25) is 0 Å². The van der Waals surface area contributed by atoms with Crippen LogP contribution in [0.15, 0.2) is 0 Å². The zero-order valence-electron chi connectivity index (χ0n) is 6.50. The van der Waals surface area contributed by atoms with E-state index in [2.05, 4.69) is 4.74 Å². The molecule has 0 unspecified atom stereocenters. The normalized spacial score (nSPS) is 16.1. The van der Waals surface area contributed by atoms with Crippen molar-refractivity contribution in [2.24, 2.45) is 0 Å². The van der Waals surface area contributed by atoms with Crippen LogP contribution in [0, 0.1) is 0 Å². The average Bonchev–Trinajstić information content (AvgIpc) is 2.01. The molecule has 0 atom stereocenters. The van der Waals surface area contributed by atoms with E-state index >= 15 is 0 Å². The molecule has 62 valence electrons. The van der Waals surface area contributed by atoms with Crippen LogP contribution in [-0.4, -0.2) is 37.0 Å². The van der Waals surface area contributed by atoms with Gasteiger partial charge in [0, 0.05) is 19.5 Å². The molecule has 1 fully saturated rings. The number of nitrogens with zero attached hydrogens (tertiary/aromatic N) is 1. The predicted molar refractivity (Wildman–Crippen MR) is 37.8 cm³/mol. The highest BCUT2D eigenvalue weighted by molar-refractivity contribution is 5.82. The number of esters is 1. The third kappa shape index (κ3) is 1.93. The summed E-state index contributed by atoms with van der Waals surface area (Å²) in [5.74, 6) is -0.126. The van der Waals surface area contributed by atoms with E-state index in [4.69, 9.17) is 0 Å². The molecule has 0 spiro atoms. The molecule has 11 heavy (non-hydrogen) atoms. The summed E-state index contributed by atoms with van der Waals surface area (Å²) >= 11 is 0. The summed E-state index contributed by atoms with van der Waals surface area (Å²) in [5.41, 5.74) is 0. The van der Waals surface area contributed by atoms with Gasteiger partial charge in [-0.3, -0.25) is 9.59 Å². The standard InChI is InChI=1S/C7H11NO3/c1-11-7(10)3-5-8-4-2-6(8)9/h2-5H2,1H3. The second-order valence-corrected chi connectivity index (χ2v) is 2.46. The third-order valence-corrected chi connectivity index (χ3v) is 1.76. The van der Waals surface area contributed by atoms with E-state index in [-0.39, 0.29) is 11.9 Å². The van der Waals surface area contributed by atoms with E-state index in [9.17, 15) is 9.59 Å². The Bertz CT molecular complexity index is 179. The summed E-state index contributed by atoms with van der Waals surface area (Å²) in [5, 5.41) is 0. The first-order chi connectivity index (χ1) is 5.24. The molecule has 0 bridgehead atoms. The third-order valence-electron chi connectivity index (χ3n) is 1.76. The Morgan fingerprint density at radius 1 is 1.73 bits per heavy atom. The molecule has 1 aliphatic rings. The molecule has 0 aliphatic carbocycles. The van der Waals surface area contributed by atoms with Crippen molar-refractivity contribution in [2.75, 3.05) is 20.2 Å². The van der Waals surface area contributed by atoms with Gasteiger partial charge in [0.2, 0.25) is 5.91 Å². The lowest BCUT2D eigenvalue weighted by Gasteiger charge is -2.29. The van der Waals surface area contributed by atoms with Gasteiger partial charge in [0.1, 0.15) is 0 Å². The number of amides is 1. The minimum Gasteiger partial charge on any atom is -0.469 e. The second-order valence-electron chi connectivity index (χ2n) is 2.46. The van der Waals surface area contributed by atoms with Crippen molar-refractivity contribution in [1.29, 1.82) is 0 Å². The molecule has 0 aromatic rings. The molecule has 4 heteroatoms. The van der Waals surface area contributed by atoms with E-state index in [1.54, 1.807) is 4.90 Å². The van der Waals surface area contributed by atoms with Gasteiger partial charge in [-0.25, -0.2) is 0 Å². The maximum absolute atomic E-state index is 10.7. The van der Waals surface area contributed by atoms with E-state index in [1.807, 2.05) is 0 Å². The van der Waals surface area contributed by atoms with Crippen LogP contribution in [0.3, 0.4) is 0 Å². The highest BCUT2D eigenvalue weighted by Gasteiger charge is 2.23. The van der Waals surface area contributed by atoms with Gasteiger partial charge in [-0.1, -0.05) is 0 Å². The van der Waals surface area contributed by atoms with Gasteiger partial charge in [0.15, 0.2) is 0 Å². The molecule has 0 N–H and O–H groups in total. The van der Waals surface area contributed by atoms with Gasteiger partial charge >= 0.3 is 5.97 Å². The second kappa shape index (κ2) is 3.37. The van der Waals surface area contributed by atoms with Gasteiger partial charge in [-0.05, 0) is 0 Å². The largest absolute Gasteiger partial charge is 0.469 e. The maximum atomic E-state index is 10.7. The van der Waals surface area contributed by atoms with E-state index < -0.39 is 0 Å². The van der Waals surface area contributed by atoms with Gasteiger partial charge in [0.25, 0.3) is 0 Å². The molecule has 1 aliphatic heterocycles. The Morgan fingerprint density at radius 2 is 2.45 bits per heavy atom. The fourth-order valence-corrected chi connectivity index (χ4v) is 0.926. The fraction of sp³-hybridized carbons (Fsp3) is 0.714. The zero-order chi connectivity index (χ0) is 8.27. The highest BCUT2D eigenvalue weighted by Crippen LogP contribution is 2.08. The summed E-state index contributed by atoms with van der Waals surface area (Å²) in [6, 6.07) is 0. The monoisotopic (exact) mass is 157 g/mol. The first kappa shape index (κ1) is 8.04. The zero-order valence-corrected chi connectivity index (χ0v) is 6.50. The average molecular weight is 157 g/mol. The minimum absolute atomic E-state index is 0.133. The van der Waals surface area contributed by atoms with Gasteiger partial charge in [-0.15, -0.1) is 0 Å². The SMILES string of the molecule is COC(=O)CCN1CCC1=O. The Kier molecular flexibility index (Phi) is 2.46. The first-order valence-electron chi connectivity index (χ1n) is 3.58. The number of methoxy groups -OCH3 is 1. The molecule has 0 saturated carbocycles. The summed E-state index contributed by atoms with van der Waals surface area (Å²) in [6.45, 7) is 1.29. The van der Waals surface area contributed by atoms with Crippen LogP contribution in [0.1, 0.15) is 12.8 Å². The number of carbonyl (C=O) groups is 2. The van der Waals surface area contributed by atoms with Crippen LogP contribution in [0.25, 0.3) is 0 Å². The number of hydrogen-bond acceptors (Lipinski definition) is 3. The van der Waals surface area contributed by atoms with Crippen LogP contribution in [0.5, 0.6) is 0 Å². The molecule has 0 aromatic carbocycles. The van der Waals surface area contributed by atoms with Crippen molar-refractivity contribution >= 4 is 11.9 Å². The molecule has 4 nitrogen and oxygen atoms in total. The number of β-lactam (4-membered cyclic amide) rings is 1. The van der Waals surface area contributed by atoms with Gasteiger partial charge in [-0.2, -0.15) is 0 Å². The Hall–Kier alpha value is -1.06. The number of ether oxygens (including phenoxy) is 1. The minimum atomic E-state index is -0.260. The van der Waals surface area contributed by atoms with E-state index in [0.717, 1.165) is 6.54 Å². The fourth-order valence-electron chi connectivity index (χ4n) is 0.926. The van der Waals surface area contributed by atoms with Crippen LogP contribution in [-0.2, 0) is 14.3 Å². The maximum Gasteiger partial charge on any atom is 0.307 e. The van der Waals surface area contributed by atoms with Crippen molar-refractivity contribution < 1.29 is 14.3 Å². The van der Waals surface area contributed by atoms with Crippen LogP contribution < -0.4 is 0 Å². The summed E-state index contributed by atoms with van der Waals surface area (Å²) in [4.78, 5) is 23.0. The quantitative estimate of drug-likeness (QED) is 0.420. The molecule has 0 aromatic heterocycles. The number of hydrogen-bond donors (Lipinski definition) is 0. The lowest BCUT2D eigenvalue weighted by atomic mass is 10.2. The molecular formula is C7H11NO3. The number of carbonyl (C=O) groups excluding carboxylic acids is 2. The Morgan fingerprint density at radius 3 is 2.82 bits per heavy atom. The van der Waals surface area contributed by atoms with Crippen LogP contribution in [0.4, 0.5) is 0 Å². The lowest BCUT2D eigenvalue weighted by molar-refractivity contribution is -0.144. The van der Waals surface area contributed by atoms with Crippen LogP contribution >= 0.6 is 0 Å². The van der Waals surface area contributed by atoms with Crippen molar-refractivity contribution in [2.45, 2.75) is 12.8 Å². The molecule has 1 saturated heterocycles. The molecule has 0 radical (unpaired) electrons. The summed E-state index contributed by atoms with van der Waals surface area (Å²) in [7, 11) is 1.35. The number of likely N-dealkylation sites (tertiary alicyclic amines) is 1. The molecule has 1 amide bonds. The summed E-state index contributed by atoms with van der Waals surface area (Å²) in [6.07, 6.45) is 0.934. The molecular weight excluding hydrogens is 146 g/mol. The van der Waals surface area contributed by atoms with Crippen molar-refractivity contribution in [3.05, 3.63) is 0 Å². The Balaban J connectivity index is 2.12. The van der Waals surface area contributed by atoms with E-state index in [1.165, 1.54) is 7.11 Å². The molecule has 1 rings (SSSR count). The first-order valence-corrected chi connectivity index (χ1v) is 3.58. The van der Waals surface area contributed by atoms with E-state index in [0.29, 0.717) is 19.4 Å². The predicted octanol–water partition coefficient (Wildman–Crippen LogP) is -0.218. The lowest BCUT2D eigenvalue weighted by Crippen LogP contribution is -2.44. The summed E-state index contributed by atoms with van der Waals surface area (Å²) < 4.78 is 4.43. The number of rotatable bonds is 3. The van der Waals surface area contributed by atoms with Crippen molar-refractivity contribution in [3.63, 3.8) is 0 Å². The van der Waals surface area contributed by atoms with Gasteiger partial charge in [0.05, 0.1) is 13.5 Å². The molecule has 1 heterocycles. The van der Waals surface area contributed by atoms with Crippen molar-refractivity contribution in [3.8, 4) is 0 Å². The van der Waals surface area contributed by atoms with Crippen molar-refractivity contribution in [1.82, 2.24) is 4.90 Å². The topological polar surface area (TPSA) is 46.6 Å². The highest BCUT2D eigenvalue weighted by atomic mass is 16.5. The van der Waals surface area contributed by atoms with Gasteiger partial charge < -0.3 is 9.64 Å².